The zero-order valence-electron chi connectivity index (χ0n) is 11.7. The quantitative estimate of drug-likeness (QED) is 0.871. The van der Waals surface area contributed by atoms with E-state index in [-0.39, 0.29) is 5.79 Å². The molecule has 0 atom stereocenters. The standard InChI is InChI=1S/C17H16N2O2/c18-10-12-1-2-14-15(11-19-16(14)9-12)13-3-5-17(6-4-13)20-7-8-21-17/h1-3,9,11,19H,4-8H2. The van der Waals surface area contributed by atoms with Crippen molar-refractivity contribution in [1.29, 1.82) is 5.26 Å². The summed E-state index contributed by atoms with van der Waals surface area (Å²) < 4.78 is 11.5. The van der Waals surface area contributed by atoms with Gasteiger partial charge in [0, 0.05) is 35.5 Å². The second-order valence-corrected chi connectivity index (χ2v) is 5.62. The number of fused-ring (bicyclic) bond motifs is 1. The average Bonchev–Trinajstić information content (AvgIpc) is 3.15. The molecule has 21 heavy (non-hydrogen) atoms. The second kappa shape index (κ2) is 4.73. The van der Waals surface area contributed by atoms with Crippen molar-refractivity contribution in [2.75, 3.05) is 13.2 Å². The third-order valence-corrected chi connectivity index (χ3v) is 4.41. The van der Waals surface area contributed by atoms with Crippen molar-refractivity contribution in [3.63, 3.8) is 0 Å². The van der Waals surface area contributed by atoms with E-state index < -0.39 is 0 Å². The molecule has 2 aliphatic rings. The summed E-state index contributed by atoms with van der Waals surface area (Å²) in [6, 6.07) is 7.96. The fourth-order valence-corrected chi connectivity index (χ4v) is 3.27. The lowest BCUT2D eigenvalue weighted by molar-refractivity contribution is -0.159. The zero-order valence-corrected chi connectivity index (χ0v) is 11.7. The smallest absolute Gasteiger partial charge is 0.172 e. The van der Waals surface area contributed by atoms with E-state index in [0.717, 1.165) is 24.8 Å². The minimum absolute atomic E-state index is 0.371. The average molecular weight is 280 g/mol. The van der Waals surface area contributed by atoms with Crippen LogP contribution in [0.25, 0.3) is 16.5 Å². The summed E-state index contributed by atoms with van der Waals surface area (Å²) in [5.74, 6) is -0.371. The molecule has 0 bridgehead atoms. The summed E-state index contributed by atoms with van der Waals surface area (Å²) in [4.78, 5) is 3.27. The number of rotatable bonds is 1. The molecule has 4 heteroatoms. The maximum Gasteiger partial charge on any atom is 0.172 e. The fraction of sp³-hybridized carbons (Fsp3) is 0.353. The largest absolute Gasteiger partial charge is 0.361 e. The molecule has 1 aliphatic carbocycles. The lowest BCUT2D eigenvalue weighted by Crippen LogP contribution is -2.31. The minimum Gasteiger partial charge on any atom is -0.361 e. The van der Waals surface area contributed by atoms with Gasteiger partial charge in [0.2, 0.25) is 0 Å². The van der Waals surface area contributed by atoms with E-state index in [1.54, 1.807) is 0 Å². The number of hydrogen-bond donors (Lipinski definition) is 1. The van der Waals surface area contributed by atoms with E-state index in [2.05, 4.69) is 17.1 Å². The van der Waals surface area contributed by atoms with Crippen LogP contribution in [0.1, 0.15) is 30.4 Å². The molecule has 4 nitrogen and oxygen atoms in total. The third kappa shape index (κ3) is 2.06. The Bertz CT molecular complexity index is 761. The van der Waals surface area contributed by atoms with Gasteiger partial charge in [-0.3, -0.25) is 0 Å². The molecule has 0 amide bonds. The predicted octanol–water partition coefficient (Wildman–Crippen LogP) is 3.35. The van der Waals surface area contributed by atoms with Crippen molar-refractivity contribution >= 4 is 16.5 Å². The normalized spacial score (nSPS) is 20.6. The number of nitrogens with zero attached hydrogens (tertiary/aromatic N) is 1. The molecule has 1 N–H and O–H groups in total. The summed E-state index contributed by atoms with van der Waals surface area (Å²) >= 11 is 0. The first-order valence-corrected chi connectivity index (χ1v) is 7.28. The predicted molar refractivity (Wildman–Crippen MR) is 79.5 cm³/mol. The van der Waals surface area contributed by atoms with Gasteiger partial charge in [-0.15, -0.1) is 0 Å². The molecular formula is C17H16N2O2. The molecule has 1 aromatic heterocycles. The van der Waals surface area contributed by atoms with Gasteiger partial charge in [0.25, 0.3) is 0 Å². The topological polar surface area (TPSA) is 58.0 Å². The van der Waals surface area contributed by atoms with Crippen molar-refractivity contribution in [3.8, 4) is 6.07 Å². The highest BCUT2D eigenvalue weighted by Crippen LogP contribution is 2.39. The van der Waals surface area contributed by atoms with Crippen LogP contribution < -0.4 is 0 Å². The number of benzene rings is 1. The van der Waals surface area contributed by atoms with Gasteiger partial charge in [-0.05, 0) is 24.1 Å². The molecule has 0 saturated carbocycles. The molecule has 0 radical (unpaired) electrons. The van der Waals surface area contributed by atoms with Crippen molar-refractivity contribution in [2.45, 2.75) is 25.0 Å². The maximum absolute atomic E-state index is 8.97. The Morgan fingerprint density at radius 3 is 2.81 bits per heavy atom. The Balaban J connectivity index is 1.68. The van der Waals surface area contributed by atoms with Crippen LogP contribution in [0.3, 0.4) is 0 Å². The highest BCUT2D eigenvalue weighted by atomic mass is 16.7. The maximum atomic E-state index is 8.97. The van der Waals surface area contributed by atoms with E-state index in [9.17, 15) is 0 Å². The number of allylic oxidation sites excluding steroid dienone is 1. The minimum atomic E-state index is -0.371. The van der Waals surface area contributed by atoms with Crippen LogP contribution in [-0.4, -0.2) is 24.0 Å². The molecule has 2 aromatic rings. The number of nitriles is 1. The molecule has 106 valence electrons. The van der Waals surface area contributed by atoms with Crippen LogP contribution in [0.15, 0.2) is 30.5 Å². The lowest BCUT2D eigenvalue weighted by Gasteiger charge is -2.30. The summed E-state index contributed by atoms with van der Waals surface area (Å²) in [5, 5.41) is 10.1. The molecule has 2 heterocycles. The van der Waals surface area contributed by atoms with Crippen molar-refractivity contribution in [2.24, 2.45) is 0 Å². The second-order valence-electron chi connectivity index (χ2n) is 5.62. The number of nitrogens with one attached hydrogen (secondary N) is 1. The van der Waals surface area contributed by atoms with Crippen LogP contribution in [0, 0.1) is 11.3 Å². The van der Waals surface area contributed by atoms with E-state index in [4.69, 9.17) is 14.7 Å². The van der Waals surface area contributed by atoms with Gasteiger partial charge in [-0.25, -0.2) is 0 Å². The zero-order chi connectivity index (χ0) is 14.3. The van der Waals surface area contributed by atoms with Crippen LogP contribution in [0.4, 0.5) is 0 Å². The van der Waals surface area contributed by atoms with Gasteiger partial charge >= 0.3 is 0 Å². The van der Waals surface area contributed by atoms with Gasteiger partial charge in [-0.1, -0.05) is 12.1 Å². The van der Waals surface area contributed by atoms with E-state index in [1.807, 2.05) is 24.4 Å². The molecule has 1 fully saturated rings. The van der Waals surface area contributed by atoms with Crippen molar-refractivity contribution in [3.05, 3.63) is 41.6 Å². The highest BCUT2D eigenvalue weighted by Gasteiger charge is 2.37. The molecule has 1 spiro atoms. The number of aromatic nitrogens is 1. The van der Waals surface area contributed by atoms with Crippen molar-refractivity contribution in [1.82, 2.24) is 4.98 Å². The van der Waals surface area contributed by atoms with Crippen LogP contribution in [-0.2, 0) is 9.47 Å². The fourth-order valence-electron chi connectivity index (χ4n) is 3.27. The first-order valence-electron chi connectivity index (χ1n) is 7.28. The van der Waals surface area contributed by atoms with Crippen LogP contribution >= 0.6 is 0 Å². The summed E-state index contributed by atoms with van der Waals surface area (Å²) in [6.07, 6.45) is 6.93. The summed E-state index contributed by atoms with van der Waals surface area (Å²) in [7, 11) is 0. The van der Waals surface area contributed by atoms with Gasteiger partial charge in [0.15, 0.2) is 5.79 Å². The Morgan fingerprint density at radius 2 is 2.10 bits per heavy atom. The highest BCUT2D eigenvalue weighted by molar-refractivity contribution is 5.93. The molecular weight excluding hydrogens is 264 g/mol. The van der Waals surface area contributed by atoms with Crippen LogP contribution in [0.5, 0.6) is 0 Å². The lowest BCUT2D eigenvalue weighted by atomic mass is 9.89. The van der Waals surface area contributed by atoms with Gasteiger partial charge in [-0.2, -0.15) is 5.26 Å². The van der Waals surface area contributed by atoms with Gasteiger partial charge in [0.1, 0.15) is 0 Å². The molecule has 0 unspecified atom stereocenters. The van der Waals surface area contributed by atoms with E-state index in [1.165, 1.54) is 16.5 Å². The van der Waals surface area contributed by atoms with Gasteiger partial charge < -0.3 is 14.5 Å². The number of ether oxygens (including phenoxy) is 2. The third-order valence-electron chi connectivity index (χ3n) is 4.41. The number of hydrogen-bond acceptors (Lipinski definition) is 3. The summed E-state index contributed by atoms with van der Waals surface area (Å²) in [5.41, 5.74) is 4.25. The van der Waals surface area contributed by atoms with E-state index in [0.29, 0.717) is 18.8 Å². The molecule has 1 saturated heterocycles. The first-order chi connectivity index (χ1) is 10.3. The van der Waals surface area contributed by atoms with Gasteiger partial charge in [0.05, 0.1) is 24.8 Å². The Hall–Kier alpha value is -2.09. The molecule has 1 aliphatic heterocycles. The Labute approximate surface area is 123 Å². The van der Waals surface area contributed by atoms with Crippen LogP contribution in [0.2, 0.25) is 0 Å². The molecule has 4 rings (SSSR count). The first kappa shape index (κ1) is 12.6. The molecule has 1 aromatic carbocycles. The number of H-pyrrole nitrogens is 1. The Kier molecular flexibility index (Phi) is 2.85. The SMILES string of the molecule is N#Cc1ccc2c(C3=CCC4(CC3)OCCO4)c[nH]c2c1. The number of aromatic amines is 1. The Morgan fingerprint density at radius 1 is 1.24 bits per heavy atom. The van der Waals surface area contributed by atoms with Crippen molar-refractivity contribution < 1.29 is 9.47 Å². The monoisotopic (exact) mass is 280 g/mol. The van der Waals surface area contributed by atoms with E-state index >= 15 is 0 Å². The summed E-state index contributed by atoms with van der Waals surface area (Å²) in [6.45, 7) is 1.40.